The number of fused-ring (bicyclic) bond motifs is 1. The Kier molecular flexibility index (Phi) is 8.89. The molecule has 0 saturated heterocycles. The van der Waals surface area contributed by atoms with Crippen LogP contribution in [0.4, 0.5) is 0 Å². The predicted molar refractivity (Wildman–Crippen MR) is 151 cm³/mol. The molecule has 190 valence electrons. The van der Waals surface area contributed by atoms with Gasteiger partial charge in [0.1, 0.15) is 12.4 Å². The first-order valence-electron chi connectivity index (χ1n) is 12.6. The van der Waals surface area contributed by atoms with Crippen molar-refractivity contribution in [3.05, 3.63) is 108 Å². The Balaban J connectivity index is 1.48. The van der Waals surface area contributed by atoms with Gasteiger partial charge in [-0.25, -0.2) is 0 Å². The molecule has 3 aromatic carbocycles. The molecule has 1 aromatic heterocycles. The zero-order valence-corrected chi connectivity index (χ0v) is 21.7. The molecule has 1 heterocycles. The number of carbonyl (C=O) groups is 1. The van der Waals surface area contributed by atoms with Crippen molar-refractivity contribution < 1.29 is 9.53 Å². The highest BCUT2D eigenvalue weighted by Crippen LogP contribution is 2.35. The number of allylic oxidation sites excluding steroid dienone is 1. The summed E-state index contributed by atoms with van der Waals surface area (Å²) in [7, 11) is 3.47. The van der Waals surface area contributed by atoms with Gasteiger partial charge in [0.15, 0.2) is 0 Å². The highest BCUT2D eigenvalue weighted by atomic mass is 16.5. The summed E-state index contributed by atoms with van der Waals surface area (Å²) in [4.78, 5) is 13.1. The molecule has 0 fully saturated rings. The van der Waals surface area contributed by atoms with Crippen LogP contribution in [0.15, 0.2) is 91.1 Å². The van der Waals surface area contributed by atoms with E-state index >= 15 is 0 Å². The number of amides is 1. The second-order valence-corrected chi connectivity index (χ2v) is 8.96. The van der Waals surface area contributed by atoms with E-state index in [1.54, 1.807) is 25.1 Å². The van der Waals surface area contributed by atoms with Crippen LogP contribution in [0.2, 0.25) is 0 Å². The van der Waals surface area contributed by atoms with Crippen LogP contribution in [0.25, 0.3) is 22.0 Å². The number of ether oxygens (including phenoxy) is 1. The van der Waals surface area contributed by atoms with Crippen LogP contribution in [0.3, 0.4) is 0 Å². The molecule has 2 N–H and O–H groups in total. The lowest BCUT2D eigenvalue weighted by atomic mass is 9.88. The molecule has 6 nitrogen and oxygen atoms in total. The predicted octanol–water partition coefficient (Wildman–Crippen LogP) is 5.54. The summed E-state index contributed by atoms with van der Waals surface area (Å²) in [5.74, 6) is 0.816. The third-order valence-electron chi connectivity index (χ3n) is 6.16. The summed E-state index contributed by atoms with van der Waals surface area (Å²) < 4.78 is 5.92. The lowest BCUT2D eigenvalue weighted by molar-refractivity contribution is -0.123. The maximum Gasteiger partial charge on any atom is 0.245 e. The topological polar surface area (TPSA) is 70.2 Å². The van der Waals surface area contributed by atoms with Crippen LogP contribution in [-0.4, -0.2) is 54.8 Å². The maximum atomic E-state index is 11.5. The molecule has 0 aliphatic heterocycles. The quantitative estimate of drug-likeness (QED) is 0.163. The van der Waals surface area contributed by atoms with Gasteiger partial charge in [0.25, 0.3) is 0 Å². The minimum Gasteiger partial charge on any atom is -0.492 e. The Bertz CT molecular complexity index is 1370. The van der Waals surface area contributed by atoms with Gasteiger partial charge in [-0.05, 0) is 58.5 Å². The van der Waals surface area contributed by atoms with Gasteiger partial charge in [-0.3, -0.25) is 9.89 Å². The number of hydrogen-bond acceptors (Lipinski definition) is 4. The van der Waals surface area contributed by atoms with Gasteiger partial charge < -0.3 is 15.0 Å². The Morgan fingerprint density at radius 3 is 2.49 bits per heavy atom. The molecule has 0 aliphatic carbocycles. The normalized spacial score (nSPS) is 12.1. The van der Waals surface area contributed by atoms with E-state index < -0.39 is 0 Å². The molecule has 0 saturated carbocycles. The molecule has 1 amide bonds. The summed E-state index contributed by atoms with van der Waals surface area (Å²) in [5.41, 5.74) is 7.07. The lowest BCUT2D eigenvalue weighted by Gasteiger charge is -2.17. The first-order valence-corrected chi connectivity index (χ1v) is 12.6. The second-order valence-electron chi connectivity index (χ2n) is 8.96. The van der Waals surface area contributed by atoms with Crippen LogP contribution in [-0.2, 0) is 4.79 Å². The van der Waals surface area contributed by atoms with Crippen LogP contribution < -0.4 is 10.1 Å². The standard InChI is InChI=1S/C31H34N4O2/c1-4-28(23-12-15-27(16-13-23)37-20-19-32-18-8-11-30(36)35(2)3)31(24-9-6-5-7-10-24)25-14-17-29-26(21-25)22-33-34-29/h5-17,21-22,32H,4,18-20H2,1-3H3,(H,33,34)/b11-8+,31-28+. The highest BCUT2D eigenvalue weighted by Gasteiger charge is 2.14. The van der Waals surface area contributed by atoms with Crippen molar-refractivity contribution in [3.63, 3.8) is 0 Å². The van der Waals surface area contributed by atoms with E-state index in [1.807, 2.05) is 30.5 Å². The Morgan fingerprint density at radius 1 is 1.00 bits per heavy atom. The van der Waals surface area contributed by atoms with E-state index in [-0.39, 0.29) is 5.91 Å². The fourth-order valence-electron chi connectivity index (χ4n) is 4.23. The van der Waals surface area contributed by atoms with Crippen molar-refractivity contribution in [2.75, 3.05) is 33.8 Å². The average molecular weight is 495 g/mol. The largest absolute Gasteiger partial charge is 0.492 e. The number of nitrogens with zero attached hydrogens (tertiary/aromatic N) is 2. The molecule has 6 heteroatoms. The monoisotopic (exact) mass is 494 g/mol. The van der Waals surface area contributed by atoms with E-state index in [1.165, 1.54) is 27.8 Å². The van der Waals surface area contributed by atoms with Gasteiger partial charge in [-0.2, -0.15) is 5.10 Å². The summed E-state index contributed by atoms with van der Waals surface area (Å²) in [6.07, 6.45) is 6.15. The number of benzene rings is 3. The number of aromatic amines is 1. The van der Waals surface area contributed by atoms with Crippen LogP contribution in [0.5, 0.6) is 5.75 Å². The molecule has 4 rings (SSSR count). The first-order chi connectivity index (χ1) is 18.1. The Labute approximate surface area is 218 Å². The second kappa shape index (κ2) is 12.7. The van der Waals surface area contributed by atoms with Crippen molar-refractivity contribution in [3.8, 4) is 5.75 Å². The fourth-order valence-corrected chi connectivity index (χ4v) is 4.23. The lowest BCUT2D eigenvalue weighted by Crippen LogP contribution is -2.22. The van der Waals surface area contributed by atoms with Crippen LogP contribution >= 0.6 is 0 Å². The molecule has 0 aliphatic rings. The molecular weight excluding hydrogens is 460 g/mol. The van der Waals surface area contributed by atoms with Gasteiger partial charge in [-0.15, -0.1) is 0 Å². The van der Waals surface area contributed by atoms with Crippen molar-refractivity contribution >= 4 is 28.0 Å². The van der Waals surface area contributed by atoms with Gasteiger partial charge in [0, 0.05) is 38.6 Å². The summed E-state index contributed by atoms with van der Waals surface area (Å²) in [5, 5.41) is 11.6. The summed E-state index contributed by atoms with van der Waals surface area (Å²) in [6, 6.07) is 25.3. The first kappa shape index (κ1) is 25.9. The number of H-pyrrole nitrogens is 1. The molecule has 0 atom stereocenters. The molecule has 0 radical (unpaired) electrons. The minimum atomic E-state index is -0.0175. The van der Waals surface area contributed by atoms with Crippen molar-refractivity contribution in [2.45, 2.75) is 13.3 Å². The summed E-state index contributed by atoms with van der Waals surface area (Å²) >= 11 is 0. The number of rotatable bonds is 11. The van der Waals surface area contributed by atoms with Gasteiger partial charge in [-0.1, -0.05) is 61.5 Å². The van der Waals surface area contributed by atoms with Crippen LogP contribution in [0.1, 0.15) is 30.0 Å². The molecule has 37 heavy (non-hydrogen) atoms. The number of hydrogen-bond donors (Lipinski definition) is 2. The highest BCUT2D eigenvalue weighted by molar-refractivity contribution is 6.00. The van der Waals surface area contributed by atoms with E-state index in [0.717, 1.165) is 23.1 Å². The smallest absolute Gasteiger partial charge is 0.245 e. The van der Waals surface area contributed by atoms with E-state index in [4.69, 9.17) is 4.74 Å². The van der Waals surface area contributed by atoms with Crippen molar-refractivity contribution in [1.29, 1.82) is 0 Å². The number of carbonyl (C=O) groups excluding carboxylic acids is 1. The van der Waals surface area contributed by atoms with Crippen LogP contribution in [0, 0.1) is 0 Å². The average Bonchev–Trinajstić information content (AvgIpc) is 3.40. The Hall–Kier alpha value is -4.16. The number of nitrogens with one attached hydrogen (secondary N) is 2. The third kappa shape index (κ3) is 6.74. The van der Waals surface area contributed by atoms with Crippen molar-refractivity contribution in [2.24, 2.45) is 0 Å². The number of likely N-dealkylation sites (N-methyl/N-ethyl adjacent to an activating group) is 1. The number of aromatic nitrogens is 2. The molecule has 4 aromatic rings. The van der Waals surface area contributed by atoms with E-state index in [0.29, 0.717) is 19.7 Å². The third-order valence-corrected chi connectivity index (χ3v) is 6.16. The molecule has 0 spiro atoms. The summed E-state index contributed by atoms with van der Waals surface area (Å²) in [6.45, 7) is 4.06. The van der Waals surface area contributed by atoms with E-state index in [9.17, 15) is 4.79 Å². The molecular formula is C31H34N4O2. The van der Waals surface area contributed by atoms with E-state index in [2.05, 4.69) is 77.0 Å². The minimum absolute atomic E-state index is 0.0175. The zero-order chi connectivity index (χ0) is 26.0. The SMILES string of the molecule is CC/C(=C(/c1ccccc1)c1ccc2[nH]ncc2c1)c1ccc(OCCNC/C=C/C(=O)N(C)C)cc1. The van der Waals surface area contributed by atoms with Crippen molar-refractivity contribution in [1.82, 2.24) is 20.4 Å². The van der Waals surface area contributed by atoms with Gasteiger partial charge >= 0.3 is 0 Å². The maximum absolute atomic E-state index is 11.5. The molecule has 0 unspecified atom stereocenters. The fraction of sp³-hybridized carbons (Fsp3) is 0.226. The Morgan fingerprint density at radius 2 is 1.76 bits per heavy atom. The molecule has 0 bridgehead atoms. The van der Waals surface area contributed by atoms with Gasteiger partial charge in [0.05, 0.1) is 11.7 Å². The zero-order valence-electron chi connectivity index (χ0n) is 21.7. The van der Waals surface area contributed by atoms with Gasteiger partial charge in [0.2, 0.25) is 5.91 Å².